The fourth-order valence-corrected chi connectivity index (χ4v) is 2.97. The molecule has 144 valence electrons. The van der Waals surface area contributed by atoms with E-state index >= 15 is 0 Å². The summed E-state index contributed by atoms with van der Waals surface area (Å²) in [6.07, 6.45) is 1.96. The van der Waals surface area contributed by atoms with Gasteiger partial charge in [0.1, 0.15) is 5.75 Å². The molecular formula is C23H23BrN2O2. The molecule has 28 heavy (non-hydrogen) atoms. The van der Waals surface area contributed by atoms with Gasteiger partial charge in [-0.25, -0.2) is 0 Å². The van der Waals surface area contributed by atoms with Crippen LogP contribution >= 0.6 is 15.9 Å². The Bertz CT molecular complexity index is 865. The summed E-state index contributed by atoms with van der Waals surface area (Å²) in [5, 5.41) is 5.97. The molecular weight excluding hydrogens is 416 g/mol. The van der Waals surface area contributed by atoms with E-state index < -0.39 is 0 Å². The maximum Gasteiger partial charge on any atom is 0.243 e. The zero-order valence-electron chi connectivity index (χ0n) is 15.5. The fourth-order valence-electron chi connectivity index (χ4n) is 2.70. The van der Waals surface area contributed by atoms with Crippen LogP contribution in [0.25, 0.3) is 0 Å². The van der Waals surface area contributed by atoms with Gasteiger partial charge in [-0.1, -0.05) is 46.3 Å². The molecule has 3 rings (SSSR count). The van der Waals surface area contributed by atoms with Gasteiger partial charge < -0.3 is 15.4 Å². The number of carbonyl (C=O) groups excluding carboxylic acids is 1. The number of hydrogen-bond acceptors (Lipinski definition) is 3. The normalized spacial score (nSPS) is 10.3. The third-order valence-corrected chi connectivity index (χ3v) is 4.69. The molecule has 0 spiro atoms. The van der Waals surface area contributed by atoms with E-state index in [4.69, 9.17) is 4.74 Å². The summed E-state index contributed by atoms with van der Waals surface area (Å²) in [6.45, 7) is 0.872. The Morgan fingerprint density at radius 3 is 2.25 bits per heavy atom. The molecule has 3 aromatic rings. The van der Waals surface area contributed by atoms with E-state index in [0.717, 1.165) is 34.4 Å². The van der Waals surface area contributed by atoms with Crippen molar-refractivity contribution in [2.75, 3.05) is 23.8 Å². The highest BCUT2D eigenvalue weighted by Gasteiger charge is 2.03. The summed E-state index contributed by atoms with van der Waals surface area (Å²) >= 11 is 3.39. The van der Waals surface area contributed by atoms with Crippen LogP contribution in [0.2, 0.25) is 0 Å². The average Bonchev–Trinajstić information content (AvgIpc) is 2.73. The van der Waals surface area contributed by atoms with Crippen LogP contribution in [-0.4, -0.2) is 19.1 Å². The Balaban J connectivity index is 1.37. The van der Waals surface area contributed by atoms with Gasteiger partial charge in [-0.05, 0) is 66.9 Å². The lowest BCUT2D eigenvalue weighted by Crippen LogP contribution is -2.21. The average molecular weight is 439 g/mol. The predicted molar refractivity (Wildman–Crippen MR) is 118 cm³/mol. The first-order chi connectivity index (χ1) is 13.7. The van der Waals surface area contributed by atoms with Gasteiger partial charge in [-0.2, -0.15) is 0 Å². The monoisotopic (exact) mass is 438 g/mol. The van der Waals surface area contributed by atoms with Gasteiger partial charge in [0.2, 0.25) is 5.91 Å². The molecule has 0 atom stereocenters. The number of ether oxygens (including phenoxy) is 1. The molecule has 5 heteroatoms. The van der Waals surface area contributed by atoms with Gasteiger partial charge in [0.25, 0.3) is 0 Å². The summed E-state index contributed by atoms with van der Waals surface area (Å²) in [5.41, 5.74) is 2.97. The maximum atomic E-state index is 12.1. The molecule has 0 radical (unpaired) electrons. The van der Waals surface area contributed by atoms with Gasteiger partial charge in [-0.15, -0.1) is 0 Å². The molecule has 0 aliphatic heterocycles. The Morgan fingerprint density at radius 1 is 0.857 bits per heavy atom. The van der Waals surface area contributed by atoms with Crippen LogP contribution in [0.4, 0.5) is 11.4 Å². The first-order valence-electron chi connectivity index (χ1n) is 9.25. The molecule has 4 nitrogen and oxygen atoms in total. The van der Waals surface area contributed by atoms with Gasteiger partial charge in [0, 0.05) is 15.8 Å². The van der Waals surface area contributed by atoms with Crippen molar-refractivity contribution in [1.29, 1.82) is 0 Å². The van der Waals surface area contributed by atoms with Crippen molar-refractivity contribution in [2.24, 2.45) is 0 Å². The van der Waals surface area contributed by atoms with E-state index in [0.29, 0.717) is 6.61 Å². The highest BCUT2D eigenvalue weighted by molar-refractivity contribution is 9.10. The minimum absolute atomic E-state index is 0.0977. The van der Waals surface area contributed by atoms with Crippen LogP contribution in [0.15, 0.2) is 83.3 Å². The number of amides is 1. The van der Waals surface area contributed by atoms with E-state index in [1.807, 2.05) is 54.6 Å². The van der Waals surface area contributed by atoms with Gasteiger partial charge in [-0.3, -0.25) is 4.79 Å². The Hall–Kier alpha value is -2.79. The van der Waals surface area contributed by atoms with Crippen LogP contribution in [-0.2, 0) is 11.2 Å². The second-order valence-corrected chi connectivity index (χ2v) is 7.29. The Morgan fingerprint density at radius 2 is 1.54 bits per heavy atom. The highest BCUT2D eigenvalue weighted by Crippen LogP contribution is 2.17. The van der Waals surface area contributed by atoms with Gasteiger partial charge in [0.05, 0.1) is 13.2 Å². The maximum absolute atomic E-state index is 12.1. The van der Waals surface area contributed by atoms with Gasteiger partial charge in [0.15, 0.2) is 0 Å². The topological polar surface area (TPSA) is 50.4 Å². The molecule has 3 aromatic carbocycles. The minimum Gasteiger partial charge on any atom is -0.494 e. The number of hydrogen-bond donors (Lipinski definition) is 2. The van der Waals surface area contributed by atoms with Crippen LogP contribution < -0.4 is 15.4 Å². The second kappa shape index (κ2) is 10.5. The smallest absolute Gasteiger partial charge is 0.243 e. The van der Waals surface area contributed by atoms with Crippen LogP contribution in [0.1, 0.15) is 12.0 Å². The lowest BCUT2D eigenvalue weighted by atomic mass is 10.1. The molecule has 0 unspecified atom stereocenters. The summed E-state index contributed by atoms with van der Waals surface area (Å²) in [5.74, 6) is 0.707. The zero-order valence-corrected chi connectivity index (χ0v) is 17.1. The van der Waals surface area contributed by atoms with Crippen LogP contribution in [0, 0.1) is 0 Å². The number of benzene rings is 3. The zero-order chi connectivity index (χ0) is 19.6. The van der Waals surface area contributed by atoms with Crippen LogP contribution in [0.5, 0.6) is 5.75 Å². The van der Waals surface area contributed by atoms with E-state index in [1.54, 1.807) is 0 Å². The molecule has 0 saturated heterocycles. The second-order valence-electron chi connectivity index (χ2n) is 6.37. The molecule has 0 fully saturated rings. The van der Waals surface area contributed by atoms with E-state index in [9.17, 15) is 4.79 Å². The summed E-state index contributed by atoms with van der Waals surface area (Å²) in [6, 6.07) is 25.5. The van der Waals surface area contributed by atoms with E-state index in [-0.39, 0.29) is 12.5 Å². The summed E-state index contributed by atoms with van der Waals surface area (Å²) < 4.78 is 6.78. The third-order valence-electron chi connectivity index (χ3n) is 4.16. The number of anilines is 2. The van der Waals surface area contributed by atoms with Crippen molar-refractivity contribution < 1.29 is 9.53 Å². The van der Waals surface area contributed by atoms with Crippen LogP contribution in [0.3, 0.4) is 0 Å². The Labute approximate surface area is 174 Å². The molecule has 0 aliphatic carbocycles. The largest absolute Gasteiger partial charge is 0.494 e. The molecule has 0 bridgehead atoms. The van der Waals surface area contributed by atoms with Crippen molar-refractivity contribution in [3.8, 4) is 5.75 Å². The first kappa shape index (κ1) is 20.0. The molecule has 0 aliphatic rings. The van der Waals surface area contributed by atoms with E-state index in [1.165, 1.54) is 5.56 Å². The van der Waals surface area contributed by atoms with Crippen molar-refractivity contribution in [1.82, 2.24) is 0 Å². The molecule has 0 saturated carbocycles. The summed E-state index contributed by atoms with van der Waals surface area (Å²) in [7, 11) is 0. The van der Waals surface area contributed by atoms with Crippen molar-refractivity contribution in [3.05, 3.63) is 88.9 Å². The van der Waals surface area contributed by atoms with Crippen molar-refractivity contribution in [2.45, 2.75) is 12.8 Å². The molecule has 0 aromatic heterocycles. The number of halogens is 1. The lowest BCUT2D eigenvalue weighted by Gasteiger charge is -2.10. The number of nitrogens with one attached hydrogen (secondary N) is 2. The molecule has 2 N–H and O–H groups in total. The standard InChI is InChI=1S/C23H23BrN2O2/c24-19-8-10-20(11-9-19)25-17-23(27)26-21-12-14-22(15-13-21)28-16-4-7-18-5-2-1-3-6-18/h1-3,5-6,8-15,25H,4,7,16-17H2,(H,26,27). The SMILES string of the molecule is O=C(CNc1ccc(Br)cc1)Nc1ccc(OCCCc2ccccc2)cc1. The quantitative estimate of drug-likeness (QED) is 0.432. The van der Waals surface area contributed by atoms with Gasteiger partial charge >= 0.3 is 0 Å². The minimum atomic E-state index is -0.0977. The highest BCUT2D eigenvalue weighted by atomic mass is 79.9. The predicted octanol–water partition coefficient (Wildman–Crippen LogP) is 5.51. The van der Waals surface area contributed by atoms with Crippen molar-refractivity contribution >= 4 is 33.2 Å². The van der Waals surface area contributed by atoms with E-state index in [2.05, 4.69) is 50.8 Å². The first-order valence-corrected chi connectivity index (χ1v) is 10.0. The Kier molecular flexibility index (Phi) is 7.50. The molecule has 0 heterocycles. The number of carbonyl (C=O) groups is 1. The number of aryl methyl sites for hydroxylation is 1. The lowest BCUT2D eigenvalue weighted by molar-refractivity contribution is -0.114. The third kappa shape index (κ3) is 6.74. The summed E-state index contributed by atoms with van der Waals surface area (Å²) in [4.78, 5) is 12.1. The van der Waals surface area contributed by atoms with Crippen molar-refractivity contribution in [3.63, 3.8) is 0 Å². The molecule has 1 amide bonds. The number of rotatable bonds is 9. The fraction of sp³-hybridized carbons (Fsp3) is 0.174.